The second kappa shape index (κ2) is 2.89. The van der Waals surface area contributed by atoms with Crippen molar-refractivity contribution in [3.05, 3.63) is 0 Å². The van der Waals surface area contributed by atoms with Crippen molar-refractivity contribution >= 4 is 16.9 Å². The van der Waals surface area contributed by atoms with E-state index in [9.17, 15) is 9.00 Å². The summed E-state index contributed by atoms with van der Waals surface area (Å²) in [6.45, 7) is 4.14. The summed E-state index contributed by atoms with van der Waals surface area (Å²) in [6, 6.07) is 0. The number of Topliss-reactive ketones (excluding diaryl/α,β-unsaturated/α-hetero) is 1. The van der Waals surface area contributed by atoms with Crippen LogP contribution in [-0.2, 0) is 15.9 Å². The summed E-state index contributed by atoms with van der Waals surface area (Å²) in [5.74, 6) is 0.773. The third kappa shape index (κ3) is 1.07. The Kier molecular flexibility index (Phi) is 2.13. The van der Waals surface area contributed by atoms with Crippen LogP contribution < -0.4 is 0 Å². The number of carbonyl (C=O) groups is 1. The van der Waals surface area contributed by atoms with Crippen molar-refractivity contribution in [1.29, 1.82) is 0 Å². The van der Waals surface area contributed by atoms with Gasteiger partial charge in [-0.05, 0) is 24.2 Å². The molecule has 1 unspecified atom stereocenters. The Balaban J connectivity index is 2.39. The standard InChI is InChI=1S/C10H16O3S/c1-9(2)7-3-4-10(9,6-14(12)13)8(11)5-7/h7H,3-6H2,1-2H3,(H,12,13)/t7-,10-/m0/s1. The summed E-state index contributed by atoms with van der Waals surface area (Å²) in [5.41, 5.74) is -0.584. The summed E-state index contributed by atoms with van der Waals surface area (Å²) < 4.78 is 19.9. The maximum atomic E-state index is 11.9. The molecule has 2 rings (SSSR count). The molecule has 1 N–H and O–H groups in total. The molecule has 14 heavy (non-hydrogen) atoms. The smallest absolute Gasteiger partial charge is 0.153 e. The van der Waals surface area contributed by atoms with Gasteiger partial charge in [-0.15, -0.1) is 0 Å². The first-order valence-electron chi connectivity index (χ1n) is 5.01. The second-order valence-electron chi connectivity index (χ2n) is 5.13. The first kappa shape index (κ1) is 10.3. The van der Waals surface area contributed by atoms with Gasteiger partial charge in [0.05, 0.1) is 5.75 Å². The van der Waals surface area contributed by atoms with Crippen LogP contribution in [0.5, 0.6) is 0 Å². The van der Waals surface area contributed by atoms with E-state index >= 15 is 0 Å². The number of hydrogen-bond acceptors (Lipinski definition) is 2. The van der Waals surface area contributed by atoms with Gasteiger partial charge in [0.1, 0.15) is 5.78 Å². The Morgan fingerprint density at radius 2 is 2.21 bits per heavy atom. The van der Waals surface area contributed by atoms with E-state index < -0.39 is 16.5 Å². The van der Waals surface area contributed by atoms with Crippen LogP contribution in [0.3, 0.4) is 0 Å². The molecular formula is C10H16O3S. The van der Waals surface area contributed by atoms with Crippen molar-refractivity contribution in [3.8, 4) is 0 Å². The molecule has 0 radical (unpaired) electrons. The molecule has 0 spiro atoms. The molecule has 0 aromatic rings. The SMILES string of the molecule is CC1(C)[C@H]2CC[C@]1(CS(=O)O)C(=O)C2. The highest BCUT2D eigenvalue weighted by Gasteiger charge is 2.64. The predicted molar refractivity (Wildman–Crippen MR) is 54.2 cm³/mol. The van der Waals surface area contributed by atoms with E-state index in [-0.39, 0.29) is 17.0 Å². The summed E-state index contributed by atoms with van der Waals surface area (Å²) in [6.07, 6.45) is 2.45. The highest BCUT2D eigenvalue weighted by atomic mass is 32.2. The molecular weight excluding hydrogens is 200 g/mol. The normalized spacial score (nSPS) is 41.6. The zero-order chi connectivity index (χ0) is 10.6. The Bertz CT molecular complexity index is 310. The molecule has 0 amide bonds. The number of ketones is 1. The molecule has 0 heterocycles. The Labute approximate surface area is 86.6 Å². The number of carbonyl (C=O) groups excluding carboxylic acids is 1. The quantitative estimate of drug-likeness (QED) is 0.713. The summed E-state index contributed by atoms with van der Waals surface area (Å²) in [4.78, 5) is 11.9. The van der Waals surface area contributed by atoms with Crippen molar-refractivity contribution in [2.24, 2.45) is 16.7 Å². The monoisotopic (exact) mass is 216 g/mol. The van der Waals surface area contributed by atoms with Gasteiger partial charge in [0.2, 0.25) is 0 Å². The van der Waals surface area contributed by atoms with Crippen LogP contribution >= 0.6 is 0 Å². The van der Waals surface area contributed by atoms with Crippen molar-refractivity contribution < 1.29 is 13.6 Å². The minimum atomic E-state index is -1.86. The lowest BCUT2D eigenvalue weighted by molar-refractivity contribution is -0.128. The molecule has 0 saturated heterocycles. The lowest BCUT2D eigenvalue weighted by Gasteiger charge is -2.35. The van der Waals surface area contributed by atoms with Crippen LogP contribution in [0.4, 0.5) is 0 Å². The molecule has 2 saturated carbocycles. The molecule has 0 aromatic heterocycles. The van der Waals surface area contributed by atoms with Crippen LogP contribution in [-0.4, -0.2) is 20.3 Å². The second-order valence-corrected chi connectivity index (χ2v) is 6.06. The van der Waals surface area contributed by atoms with Gasteiger partial charge in [-0.25, -0.2) is 4.21 Å². The van der Waals surface area contributed by atoms with E-state index in [1.165, 1.54) is 0 Å². The fourth-order valence-electron chi connectivity index (χ4n) is 3.32. The maximum Gasteiger partial charge on any atom is 0.153 e. The first-order chi connectivity index (χ1) is 6.40. The molecule has 2 fully saturated rings. The van der Waals surface area contributed by atoms with Gasteiger partial charge in [-0.3, -0.25) is 4.79 Å². The fourth-order valence-corrected chi connectivity index (χ4v) is 4.42. The van der Waals surface area contributed by atoms with E-state index in [1.807, 2.05) is 0 Å². The summed E-state index contributed by atoms with van der Waals surface area (Å²) in [7, 11) is 0. The zero-order valence-electron chi connectivity index (χ0n) is 8.58. The number of rotatable bonds is 2. The lowest BCUT2D eigenvalue weighted by Crippen LogP contribution is -2.40. The Hall–Kier alpha value is -0.220. The molecule has 0 aliphatic heterocycles. The van der Waals surface area contributed by atoms with Crippen molar-refractivity contribution in [2.45, 2.75) is 33.1 Å². The van der Waals surface area contributed by atoms with Crippen molar-refractivity contribution in [2.75, 3.05) is 5.75 Å². The van der Waals surface area contributed by atoms with Gasteiger partial charge < -0.3 is 4.55 Å². The molecule has 2 aliphatic carbocycles. The number of hydrogen-bond donors (Lipinski definition) is 1. The average molecular weight is 216 g/mol. The van der Waals surface area contributed by atoms with Gasteiger partial charge in [-0.2, -0.15) is 0 Å². The minimum absolute atomic E-state index is 0.0809. The molecule has 2 aliphatic rings. The Morgan fingerprint density at radius 3 is 2.57 bits per heavy atom. The maximum absolute atomic E-state index is 11.9. The summed E-state index contributed by atoms with van der Waals surface area (Å²) in [5, 5.41) is 0. The van der Waals surface area contributed by atoms with Crippen LogP contribution in [0.25, 0.3) is 0 Å². The van der Waals surface area contributed by atoms with Gasteiger partial charge in [-0.1, -0.05) is 13.8 Å². The minimum Gasteiger partial charge on any atom is -0.306 e. The number of fused-ring (bicyclic) bond motifs is 2. The Morgan fingerprint density at radius 1 is 1.57 bits per heavy atom. The molecule has 0 aromatic carbocycles. The molecule has 80 valence electrons. The third-order valence-electron chi connectivity index (χ3n) is 4.51. The van der Waals surface area contributed by atoms with E-state index in [4.69, 9.17) is 4.55 Å². The predicted octanol–water partition coefficient (Wildman–Crippen LogP) is 1.60. The van der Waals surface area contributed by atoms with Gasteiger partial charge in [0.15, 0.2) is 11.1 Å². The molecule has 4 heteroatoms. The van der Waals surface area contributed by atoms with Crippen molar-refractivity contribution in [3.63, 3.8) is 0 Å². The van der Waals surface area contributed by atoms with E-state index in [0.717, 1.165) is 12.8 Å². The summed E-state index contributed by atoms with van der Waals surface area (Å²) >= 11 is -1.86. The largest absolute Gasteiger partial charge is 0.306 e. The van der Waals surface area contributed by atoms with Crippen LogP contribution in [0, 0.1) is 16.7 Å². The van der Waals surface area contributed by atoms with Gasteiger partial charge in [0.25, 0.3) is 0 Å². The van der Waals surface area contributed by atoms with E-state index in [1.54, 1.807) is 0 Å². The molecule has 3 atom stereocenters. The van der Waals surface area contributed by atoms with Crippen LogP contribution in [0.1, 0.15) is 33.1 Å². The van der Waals surface area contributed by atoms with E-state index in [0.29, 0.717) is 12.3 Å². The zero-order valence-corrected chi connectivity index (χ0v) is 9.39. The molecule has 3 nitrogen and oxygen atoms in total. The highest BCUT2D eigenvalue weighted by Crippen LogP contribution is 2.63. The topological polar surface area (TPSA) is 54.4 Å². The fraction of sp³-hybridized carbons (Fsp3) is 0.900. The van der Waals surface area contributed by atoms with Gasteiger partial charge >= 0.3 is 0 Å². The van der Waals surface area contributed by atoms with Crippen LogP contribution in [0.2, 0.25) is 0 Å². The van der Waals surface area contributed by atoms with Gasteiger partial charge in [0, 0.05) is 11.8 Å². The lowest BCUT2D eigenvalue weighted by atomic mass is 9.70. The van der Waals surface area contributed by atoms with Crippen LogP contribution in [0.15, 0.2) is 0 Å². The molecule has 2 bridgehead atoms. The van der Waals surface area contributed by atoms with Crippen molar-refractivity contribution in [1.82, 2.24) is 0 Å². The first-order valence-corrected chi connectivity index (χ1v) is 6.28. The average Bonchev–Trinajstić information content (AvgIpc) is 2.36. The highest BCUT2D eigenvalue weighted by molar-refractivity contribution is 7.79. The van der Waals surface area contributed by atoms with E-state index in [2.05, 4.69) is 13.8 Å². The third-order valence-corrected chi connectivity index (χ3v) is 5.25.